The van der Waals surface area contributed by atoms with Crippen LogP contribution in [-0.2, 0) is 0 Å². The van der Waals surface area contributed by atoms with Gasteiger partial charge in [0.2, 0.25) is 0 Å². The average molecular weight is 236 g/mol. The largest absolute Gasteiger partial charge is 0.289 e. The van der Waals surface area contributed by atoms with Crippen molar-refractivity contribution < 1.29 is 4.79 Å². The molecule has 3 heteroatoms. The van der Waals surface area contributed by atoms with Crippen molar-refractivity contribution >= 4 is 32.4 Å². The molecule has 0 aromatic heterocycles. The summed E-state index contributed by atoms with van der Waals surface area (Å²) in [5.74, 6) is 0.208. The molecular formula is C15H18B2O. The Labute approximate surface area is 112 Å². The quantitative estimate of drug-likeness (QED) is 0.444. The molecule has 0 bridgehead atoms. The molecule has 0 N–H and O–H groups in total. The molecule has 0 aliphatic carbocycles. The summed E-state index contributed by atoms with van der Waals surface area (Å²) >= 11 is 0. The molecule has 1 aromatic carbocycles. The van der Waals surface area contributed by atoms with Crippen LogP contribution in [-0.4, -0.2) is 21.5 Å². The lowest BCUT2D eigenvalue weighted by Gasteiger charge is -2.18. The molecular weight excluding hydrogens is 218 g/mol. The smallest absolute Gasteiger partial charge is 0.185 e. The highest BCUT2D eigenvalue weighted by atomic mass is 16.1. The first-order valence-corrected chi connectivity index (χ1v) is 6.13. The number of allylic oxidation sites excluding steroid dienone is 2. The van der Waals surface area contributed by atoms with Crippen molar-refractivity contribution in [2.45, 2.75) is 40.5 Å². The summed E-state index contributed by atoms with van der Waals surface area (Å²) in [5, 5.41) is 0. The van der Waals surface area contributed by atoms with Crippen LogP contribution in [0.1, 0.15) is 55.1 Å². The summed E-state index contributed by atoms with van der Waals surface area (Å²) in [6.07, 6.45) is 1.60. The Balaban J connectivity index is 3.46. The normalized spacial score (nSPS) is 10.6. The van der Waals surface area contributed by atoms with Crippen LogP contribution in [0.5, 0.6) is 0 Å². The average Bonchev–Trinajstić information content (AvgIpc) is 2.24. The molecule has 1 rings (SSSR count). The van der Waals surface area contributed by atoms with Gasteiger partial charge in [0.1, 0.15) is 15.7 Å². The van der Waals surface area contributed by atoms with E-state index >= 15 is 0 Å². The van der Waals surface area contributed by atoms with E-state index < -0.39 is 0 Å². The van der Waals surface area contributed by atoms with E-state index in [-0.39, 0.29) is 11.7 Å². The highest BCUT2D eigenvalue weighted by Crippen LogP contribution is 2.15. The molecule has 90 valence electrons. The lowest BCUT2D eigenvalue weighted by Crippen LogP contribution is -2.29. The minimum Gasteiger partial charge on any atom is -0.289 e. The fraction of sp³-hybridized carbons (Fsp3) is 0.400. The monoisotopic (exact) mass is 236 g/mol. The van der Waals surface area contributed by atoms with Crippen LogP contribution in [0.3, 0.4) is 0 Å². The first-order valence-electron chi connectivity index (χ1n) is 6.13. The van der Waals surface area contributed by atoms with Crippen molar-refractivity contribution in [3.8, 4) is 0 Å². The fourth-order valence-corrected chi connectivity index (χ4v) is 1.90. The highest BCUT2D eigenvalue weighted by molar-refractivity contribution is 6.43. The standard InChI is InChI=1S/C15H18B2O/c1-8(2)6-13(18)12-7-11(9(3)4)14(16)10(5)15(12)17/h6-7,9H,1-5H3. The van der Waals surface area contributed by atoms with E-state index in [0.717, 1.165) is 16.7 Å². The van der Waals surface area contributed by atoms with Crippen molar-refractivity contribution in [1.29, 1.82) is 0 Å². The van der Waals surface area contributed by atoms with Gasteiger partial charge in [-0.2, -0.15) is 0 Å². The third kappa shape index (κ3) is 2.95. The summed E-state index contributed by atoms with van der Waals surface area (Å²) in [7, 11) is 12.0. The minimum absolute atomic E-state index is 0.0579. The summed E-state index contributed by atoms with van der Waals surface area (Å²) in [5.41, 5.74) is 4.46. The topological polar surface area (TPSA) is 17.1 Å². The van der Waals surface area contributed by atoms with Gasteiger partial charge < -0.3 is 0 Å². The molecule has 18 heavy (non-hydrogen) atoms. The van der Waals surface area contributed by atoms with Crippen LogP contribution < -0.4 is 10.9 Å². The van der Waals surface area contributed by atoms with Crippen LogP contribution in [0.25, 0.3) is 0 Å². The van der Waals surface area contributed by atoms with Crippen molar-refractivity contribution in [2.75, 3.05) is 0 Å². The maximum atomic E-state index is 12.1. The van der Waals surface area contributed by atoms with E-state index in [4.69, 9.17) is 15.7 Å². The third-order valence-corrected chi connectivity index (χ3v) is 3.02. The van der Waals surface area contributed by atoms with E-state index in [2.05, 4.69) is 13.8 Å². The van der Waals surface area contributed by atoms with E-state index in [1.54, 1.807) is 6.08 Å². The summed E-state index contributed by atoms with van der Waals surface area (Å²) in [4.78, 5) is 12.1. The number of carbonyl (C=O) groups excluding carboxylic acids is 1. The molecule has 0 saturated heterocycles. The molecule has 0 atom stereocenters. The first kappa shape index (κ1) is 14.8. The van der Waals surface area contributed by atoms with E-state index in [1.807, 2.05) is 26.8 Å². The van der Waals surface area contributed by atoms with Crippen molar-refractivity contribution in [2.24, 2.45) is 0 Å². The molecule has 0 aliphatic rings. The summed E-state index contributed by atoms with van der Waals surface area (Å²) in [6.45, 7) is 9.74. The molecule has 1 aromatic rings. The number of ketones is 1. The van der Waals surface area contributed by atoms with Crippen LogP contribution in [0.4, 0.5) is 0 Å². The number of rotatable bonds is 3. The Morgan fingerprint density at radius 3 is 2.22 bits per heavy atom. The lowest BCUT2D eigenvalue weighted by molar-refractivity contribution is 0.104. The van der Waals surface area contributed by atoms with Gasteiger partial charge in [-0.05, 0) is 38.8 Å². The Kier molecular flexibility index (Phi) is 4.61. The molecule has 0 heterocycles. The van der Waals surface area contributed by atoms with Gasteiger partial charge in [-0.3, -0.25) is 4.79 Å². The van der Waals surface area contributed by atoms with Gasteiger partial charge in [0.25, 0.3) is 0 Å². The van der Waals surface area contributed by atoms with Gasteiger partial charge in [-0.1, -0.05) is 41.5 Å². The lowest BCUT2D eigenvalue weighted by atomic mass is 9.73. The number of benzene rings is 1. The van der Waals surface area contributed by atoms with Gasteiger partial charge in [-0.15, -0.1) is 0 Å². The zero-order chi connectivity index (χ0) is 14.0. The van der Waals surface area contributed by atoms with Gasteiger partial charge in [0.15, 0.2) is 5.78 Å². The zero-order valence-electron chi connectivity index (χ0n) is 11.8. The third-order valence-electron chi connectivity index (χ3n) is 3.02. The number of hydrogen-bond acceptors (Lipinski definition) is 1. The van der Waals surface area contributed by atoms with Crippen molar-refractivity contribution in [3.63, 3.8) is 0 Å². The second-order valence-electron chi connectivity index (χ2n) is 5.21. The molecule has 0 aliphatic heterocycles. The predicted molar refractivity (Wildman–Crippen MR) is 79.8 cm³/mol. The van der Waals surface area contributed by atoms with Gasteiger partial charge in [0, 0.05) is 5.56 Å². The zero-order valence-corrected chi connectivity index (χ0v) is 11.8. The number of hydrogen-bond donors (Lipinski definition) is 0. The van der Waals surface area contributed by atoms with Gasteiger partial charge >= 0.3 is 0 Å². The van der Waals surface area contributed by atoms with Gasteiger partial charge in [-0.25, -0.2) is 0 Å². The van der Waals surface area contributed by atoms with E-state index in [0.29, 0.717) is 16.5 Å². The second-order valence-corrected chi connectivity index (χ2v) is 5.21. The maximum absolute atomic E-state index is 12.1. The molecule has 0 saturated carbocycles. The van der Waals surface area contributed by atoms with E-state index in [9.17, 15) is 4.79 Å². The highest BCUT2D eigenvalue weighted by Gasteiger charge is 2.14. The molecule has 0 unspecified atom stereocenters. The van der Waals surface area contributed by atoms with E-state index in [1.165, 1.54) is 0 Å². The second kappa shape index (κ2) is 5.60. The Hall–Kier alpha value is -1.24. The molecule has 1 nitrogen and oxygen atoms in total. The summed E-state index contributed by atoms with van der Waals surface area (Å²) < 4.78 is 0. The van der Waals surface area contributed by atoms with Crippen molar-refractivity contribution in [1.82, 2.24) is 0 Å². The fourth-order valence-electron chi connectivity index (χ4n) is 1.90. The first-order chi connectivity index (χ1) is 8.25. The van der Waals surface area contributed by atoms with Crippen LogP contribution in [0, 0.1) is 6.92 Å². The Morgan fingerprint density at radius 1 is 1.22 bits per heavy atom. The molecule has 0 spiro atoms. The van der Waals surface area contributed by atoms with Crippen LogP contribution >= 0.6 is 0 Å². The van der Waals surface area contributed by atoms with Gasteiger partial charge in [0.05, 0.1) is 0 Å². The van der Waals surface area contributed by atoms with Crippen molar-refractivity contribution in [3.05, 3.63) is 34.4 Å². The maximum Gasteiger partial charge on any atom is 0.185 e. The minimum atomic E-state index is -0.0579. The number of carbonyl (C=O) groups is 1. The predicted octanol–water partition coefficient (Wildman–Crippen LogP) is 1.85. The SMILES string of the molecule is [B]c1c(C(=O)C=C(C)C)cc(C(C)C)c([B])c1C. The molecule has 4 radical (unpaired) electrons. The molecule has 0 fully saturated rings. The molecule has 0 amide bonds. The summed E-state index contributed by atoms with van der Waals surface area (Å²) in [6, 6.07) is 1.82. The van der Waals surface area contributed by atoms with Crippen LogP contribution in [0.2, 0.25) is 0 Å². The Morgan fingerprint density at radius 2 is 1.78 bits per heavy atom. The van der Waals surface area contributed by atoms with Crippen LogP contribution in [0.15, 0.2) is 17.7 Å². The Bertz CT molecular complexity index is 510.